The number of methoxy groups -OCH3 is 2. The van der Waals surface area contributed by atoms with Gasteiger partial charge in [-0.15, -0.1) is 0 Å². The van der Waals surface area contributed by atoms with Gasteiger partial charge in [0, 0.05) is 6.42 Å². The van der Waals surface area contributed by atoms with Gasteiger partial charge in [-0.1, -0.05) is 37.0 Å². The van der Waals surface area contributed by atoms with Gasteiger partial charge in [0.2, 0.25) is 11.8 Å². The van der Waals surface area contributed by atoms with Crippen LogP contribution in [0.15, 0.2) is 35.0 Å². The fourth-order valence-electron chi connectivity index (χ4n) is 3.02. The van der Waals surface area contributed by atoms with Crippen LogP contribution < -0.4 is 24.7 Å². The van der Waals surface area contributed by atoms with Gasteiger partial charge in [0.05, 0.1) is 22.3 Å². The number of rotatable bonds is 6. The van der Waals surface area contributed by atoms with Crippen molar-refractivity contribution >= 4 is 30.8 Å². The Morgan fingerprint density at radius 3 is 2.29 bits per heavy atom. The van der Waals surface area contributed by atoms with Gasteiger partial charge in [-0.05, 0) is 31.6 Å². The normalized spacial score (nSPS) is 13.4. The van der Waals surface area contributed by atoms with Crippen LogP contribution in [0.2, 0.25) is 19.6 Å². The lowest BCUT2D eigenvalue weighted by atomic mass is 10.2. The molecule has 0 atom stereocenters. The van der Waals surface area contributed by atoms with E-state index in [1.54, 1.807) is 13.0 Å². The number of anilines is 1. The Kier molecular flexibility index (Phi) is 6.44. The summed E-state index contributed by atoms with van der Waals surface area (Å²) in [5.74, 6) is 1.72. The van der Waals surface area contributed by atoms with Crippen molar-refractivity contribution in [2.24, 2.45) is 4.99 Å². The van der Waals surface area contributed by atoms with E-state index >= 15 is 0 Å². The van der Waals surface area contributed by atoms with Crippen molar-refractivity contribution in [2.75, 3.05) is 19.5 Å². The zero-order valence-electron chi connectivity index (χ0n) is 19.0. The smallest absolute Gasteiger partial charge is 0.274 e. The van der Waals surface area contributed by atoms with Crippen LogP contribution in [0.3, 0.4) is 0 Å². The number of benzene rings is 1. The first kappa shape index (κ1) is 22.5. The van der Waals surface area contributed by atoms with Crippen LogP contribution in [0.25, 0.3) is 0 Å². The lowest BCUT2D eigenvalue weighted by molar-refractivity contribution is -0.112. The maximum absolute atomic E-state index is 12.8. The number of aliphatic imine (C=N–C) groups is 1. The number of nitrogens with zero attached hydrogens (tertiary/aromatic N) is 3. The van der Waals surface area contributed by atoms with Gasteiger partial charge < -0.3 is 19.5 Å². The number of ether oxygens (including phenoxy) is 3. The molecule has 1 aliphatic heterocycles. The third-order valence-corrected chi connectivity index (χ3v) is 6.85. The molecule has 2 heterocycles. The summed E-state index contributed by atoms with van der Waals surface area (Å²) in [4.78, 5) is 25.5. The molecule has 0 radical (unpaired) electrons. The monoisotopic (exact) mass is 440 g/mol. The molecule has 2 aromatic rings. The Balaban J connectivity index is 1.78. The summed E-state index contributed by atoms with van der Waals surface area (Å²) in [6.07, 6.45) is 2.15. The van der Waals surface area contributed by atoms with E-state index in [9.17, 15) is 4.79 Å². The minimum absolute atomic E-state index is 0.218. The number of aryl methyl sites for hydroxylation is 2. The first-order valence-corrected chi connectivity index (χ1v) is 13.5. The van der Waals surface area contributed by atoms with Crippen molar-refractivity contribution in [3.8, 4) is 17.5 Å². The molecule has 8 nitrogen and oxygen atoms in total. The predicted molar refractivity (Wildman–Crippen MR) is 123 cm³/mol. The molecule has 1 amide bonds. The van der Waals surface area contributed by atoms with Gasteiger partial charge in [-0.2, -0.15) is 9.97 Å². The first-order valence-electron chi connectivity index (χ1n) is 9.97. The van der Waals surface area contributed by atoms with E-state index in [1.807, 2.05) is 6.92 Å². The summed E-state index contributed by atoms with van der Waals surface area (Å²) in [6, 6.07) is 6.31. The maximum Gasteiger partial charge on any atom is 0.274 e. The van der Waals surface area contributed by atoms with E-state index < -0.39 is 14.0 Å². The molecule has 0 saturated heterocycles. The second kappa shape index (κ2) is 8.89. The van der Waals surface area contributed by atoms with Crippen LogP contribution in [0.1, 0.15) is 17.8 Å². The molecule has 1 aliphatic rings. The van der Waals surface area contributed by atoms with Crippen molar-refractivity contribution in [3.05, 3.63) is 41.4 Å². The minimum atomic E-state index is -1.47. The van der Waals surface area contributed by atoms with Gasteiger partial charge in [-0.3, -0.25) is 4.79 Å². The van der Waals surface area contributed by atoms with Gasteiger partial charge >= 0.3 is 0 Å². The molecule has 1 N–H and O–H groups in total. The number of hydrogen-bond acceptors (Lipinski definition) is 7. The highest BCUT2D eigenvalue weighted by Gasteiger charge is 2.23. The average molecular weight is 441 g/mol. The number of carbonyl (C=O) groups excluding carboxylic acids is 1. The number of nitrogens with one attached hydrogen (secondary N) is 1. The molecule has 9 heteroatoms. The van der Waals surface area contributed by atoms with Crippen molar-refractivity contribution in [2.45, 2.75) is 39.9 Å². The third kappa shape index (κ3) is 5.11. The average Bonchev–Trinajstić information content (AvgIpc) is 3.18. The molecule has 0 fully saturated rings. The molecule has 31 heavy (non-hydrogen) atoms. The molecule has 0 unspecified atom stereocenters. The van der Waals surface area contributed by atoms with Gasteiger partial charge in [0.25, 0.3) is 5.91 Å². The number of aromatic nitrogens is 2. The molecule has 0 spiro atoms. The fourth-order valence-corrected chi connectivity index (χ4v) is 4.17. The third-order valence-electron chi connectivity index (χ3n) is 4.81. The largest absolute Gasteiger partial charge is 0.479 e. The minimum Gasteiger partial charge on any atom is -0.479 e. The Morgan fingerprint density at radius 2 is 1.71 bits per heavy atom. The summed E-state index contributed by atoms with van der Waals surface area (Å²) >= 11 is 0. The van der Waals surface area contributed by atoms with Crippen molar-refractivity contribution in [3.63, 3.8) is 0 Å². The quantitative estimate of drug-likeness (QED) is 0.692. The van der Waals surface area contributed by atoms with E-state index in [0.717, 1.165) is 11.3 Å². The highest BCUT2D eigenvalue weighted by atomic mass is 28.3. The number of carbonyl (C=O) groups is 1. The highest BCUT2D eigenvalue weighted by molar-refractivity contribution is 6.88. The van der Waals surface area contributed by atoms with E-state index in [4.69, 9.17) is 14.2 Å². The summed E-state index contributed by atoms with van der Waals surface area (Å²) in [5.41, 5.74) is 1.53. The number of hydrogen-bond donors (Lipinski definition) is 1. The maximum atomic E-state index is 12.8. The SMILES string of the molecule is COc1nc(C)nc(OC)c1NC(=O)C1=CCC(Oc2cc([Si](C)(C)C)ccc2C)=N1. The zero-order chi connectivity index (χ0) is 22.8. The van der Waals surface area contributed by atoms with Gasteiger partial charge in [0.15, 0.2) is 11.6 Å². The van der Waals surface area contributed by atoms with Crippen molar-refractivity contribution in [1.29, 1.82) is 0 Å². The molecule has 1 aromatic carbocycles. The molecule has 0 saturated carbocycles. The second-order valence-corrected chi connectivity index (χ2v) is 13.3. The van der Waals surface area contributed by atoms with Crippen LogP contribution in [0.4, 0.5) is 5.69 Å². The molecule has 1 aromatic heterocycles. The molecule has 0 aliphatic carbocycles. The lowest BCUT2D eigenvalue weighted by Gasteiger charge is -2.18. The molecular weight excluding hydrogens is 412 g/mol. The number of amides is 1. The Morgan fingerprint density at radius 1 is 1.06 bits per heavy atom. The van der Waals surface area contributed by atoms with Crippen LogP contribution in [-0.2, 0) is 4.79 Å². The van der Waals surface area contributed by atoms with E-state index in [-0.39, 0.29) is 23.1 Å². The van der Waals surface area contributed by atoms with E-state index in [1.165, 1.54) is 19.4 Å². The Hall–Kier alpha value is -3.20. The van der Waals surface area contributed by atoms with Crippen LogP contribution in [-0.4, -0.2) is 44.1 Å². The molecular formula is C22H28N4O4Si. The molecule has 0 bridgehead atoms. The van der Waals surface area contributed by atoms with Crippen LogP contribution in [0.5, 0.6) is 17.5 Å². The second-order valence-electron chi connectivity index (χ2n) is 8.25. The highest BCUT2D eigenvalue weighted by Crippen LogP contribution is 2.32. The van der Waals surface area contributed by atoms with E-state index in [0.29, 0.717) is 18.1 Å². The van der Waals surface area contributed by atoms with Crippen molar-refractivity contribution < 1.29 is 19.0 Å². The summed E-state index contributed by atoms with van der Waals surface area (Å²) in [6.45, 7) is 10.6. The summed E-state index contributed by atoms with van der Waals surface area (Å²) < 4.78 is 16.6. The van der Waals surface area contributed by atoms with Gasteiger partial charge in [0.1, 0.15) is 17.3 Å². The lowest BCUT2D eigenvalue weighted by Crippen LogP contribution is -2.37. The van der Waals surface area contributed by atoms with Crippen molar-refractivity contribution in [1.82, 2.24) is 9.97 Å². The van der Waals surface area contributed by atoms with Crippen LogP contribution >= 0.6 is 0 Å². The molecule has 3 rings (SSSR count). The summed E-state index contributed by atoms with van der Waals surface area (Å²) in [5, 5.41) is 4.04. The zero-order valence-corrected chi connectivity index (χ0v) is 20.0. The van der Waals surface area contributed by atoms with E-state index in [2.05, 4.69) is 58.1 Å². The standard InChI is InChI=1S/C22H28N4O4Si/c1-13-8-9-15(31(5,6)7)12-17(13)30-18-11-10-16(25-18)20(27)26-19-21(28-3)23-14(2)24-22(19)29-4/h8-10,12H,11H2,1-7H3,(H,26,27). The Bertz CT molecular complexity index is 1050. The van der Waals surface area contributed by atoms with Crippen LogP contribution in [0, 0.1) is 13.8 Å². The first-order chi connectivity index (χ1) is 14.6. The van der Waals surface area contributed by atoms with Gasteiger partial charge in [-0.25, -0.2) is 4.99 Å². The molecule has 164 valence electrons. The fraction of sp³-hybridized carbons (Fsp3) is 0.364. The topological polar surface area (TPSA) is 94.9 Å². The Labute approximate surface area is 183 Å². The summed E-state index contributed by atoms with van der Waals surface area (Å²) in [7, 11) is 1.46. The predicted octanol–water partition coefficient (Wildman–Crippen LogP) is 3.36.